The van der Waals surface area contributed by atoms with Gasteiger partial charge in [-0.25, -0.2) is 0 Å². The molecule has 76 valence electrons. The van der Waals surface area contributed by atoms with Crippen molar-refractivity contribution in [3.05, 3.63) is 34.9 Å². The van der Waals surface area contributed by atoms with Crippen LogP contribution in [0, 0.1) is 0 Å². The van der Waals surface area contributed by atoms with Crippen molar-refractivity contribution in [3.8, 4) is 0 Å². The molecule has 0 heterocycles. The van der Waals surface area contributed by atoms with Gasteiger partial charge in [0.2, 0.25) is 0 Å². The molecule has 1 aliphatic rings. The quantitative estimate of drug-likeness (QED) is 0.745. The number of fused-ring (bicyclic) bond motifs is 1. The Bertz CT molecular complexity index is 333. The lowest BCUT2D eigenvalue weighted by atomic mass is 9.99. The van der Waals surface area contributed by atoms with Crippen LogP contribution in [0.15, 0.2) is 18.2 Å². The molecular formula is C12H17NO. The number of nitrogens with two attached hydrogens (primary N) is 1. The Morgan fingerprint density at radius 1 is 1.29 bits per heavy atom. The van der Waals surface area contributed by atoms with Crippen molar-refractivity contribution >= 4 is 0 Å². The first kappa shape index (κ1) is 9.69. The predicted octanol–water partition coefficient (Wildman–Crippen LogP) is 1.56. The number of hydrogen-bond acceptors (Lipinski definition) is 2. The fourth-order valence-electron chi connectivity index (χ4n) is 2.08. The van der Waals surface area contributed by atoms with Crippen LogP contribution in [0.25, 0.3) is 0 Å². The first-order valence-corrected chi connectivity index (χ1v) is 5.24. The second-order valence-corrected chi connectivity index (χ2v) is 4.15. The van der Waals surface area contributed by atoms with Gasteiger partial charge >= 0.3 is 0 Å². The molecule has 0 spiro atoms. The Morgan fingerprint density at radius 2 is 2.00 bits per heavy atom. The van der Waals surface area contributed by atoms with E-state index >= 15 is 0 Å². The van der Waals surface area contributed by atoms with E-state index < -0.39 is 6.10 Å². The normalized spacial score (nSPS) is 19.1. The van der Waals surface area contributed by atoms with E-state index in [0.29, 0.717) is 0 Å². The van der Waals surface area contributed by atoms with E-state index in [9.17, 15) is 5.11 Å². The third-order valence-electron chi connectivity index (χ3n) is 3.03. The number of benzene rings is 1. The van der Waals surface area contributed by atoms with Crippen molar-refractivity contribution in [1.29, 1.82) is 0 Å². The van der Waals surface area contributed by atoms with Gasteiger partial charge in [0.1, 0.15) is 0 Å². The summed E-state index contributed by atoms with van der Waals surface area (Å²) in [7, 11) is 0. The van der Waals surface area contributed by atoms with Crippen LogP contribution in [0.4, 0.5) is 0 Å². The fourth-order valence-corrected chi connectivity index (χ4v) is 2.08. The fraction of sp³-hybridized carbons (Fsp3) is 0.500. The van der Waals surface area contributed by atoms with Crippen LogP contribution in [0.3, 0.4) is 0 Å². The predicted molar refractivity (Wildman–Crippen MR) is 57.1 cm³/mol. The Kier molecular flexibility index (Phi) is 2.57. The Balaban J connectivity index is 2.28. The van der Waals surface area contributed by atoms with Gasteiger partial charge in [-0.2, -0.15) is 0 Å². The molecule has 3 N–H and O–H groups in total. The van der Waals surface area contributed by atoms with E-state index in [0.717, 1.165) is 12.0 Å². The molecule has 2 heteroatoms. The van der Waals surface area contributed by atoms with E-state index in [4.69, 9.17) is 5.73 Å². The van der Waals surface area contributed by atoms with E-state index in [2.05, 4.69) is 12.1 Å². The third kappa shape index (κ3) is 1.68. The van der Waals surface area contributed by atoms with Crippen molar-refractivity contribution in [1.82, 2.24) is 0 Å². The molecule has 1 aromatic rings. The second kappa shape index (κ2) is 3.71. The number of hydrogen-bond donors (Lipinski definition) is 2. The number of rotatable bonds is 2. The maximum Gasteiger partial charge on any atom is 0.0704 e. The number of aliphatic hydroxyl groups is 1. The SMILES string of the molecule is C[C@@H](O)[C@H](N)c1ccc2c(c1)CCC2. The molecule has 0 aliphatic heterocycles. The summed E-state index contributed by atoms with van der Waals surface area (Å²) in [6, 6.07) is 6.10. The lowest BCUT2D eigenvalue weighted by molar-refractivity contribution is 0.164. The van der Waals surface area contributed by atoms with Crippen LogP contribution in [0.5, 0.6) is 0 Å². The van der Waals surface area contributed by atoms with Gasteiger partial charge in [-0.1, -0.05) is 18.2 Å². The van der Waals surface area contributed by atoms with Gasteiger partial charge in [-0.3, -0.25) is 0 Å². The molecule has 14 heavy (non-hydrogen) atoms. The van der Waals surface area contributed by atoms with Gasteiger partial charge in [0, 0.05) is 0 Å². The van der Waals surface area contributed by atoms with E-state index in [-0.39, 0.29) is 6.04 Å². The van der Waals surface area contributed by atoms with Crippen LogP contribution < -0.4 is 5.73 Å². The summed E-state index contributed by atoms with van der Waals surface area (Å²) in [5.41, 5.74) is 9.80. The Hall–Kier alpha value is -0.860. The molecule has 0 saturated carbocycles. The highest BCUT2D eigenvalue weighted by Gasteiger charge is 2.16. The van der Waals surface area contributed by atoms with Gasteiger partial charge < -0.3 is 10.8 Å². The molecule has 1 aliphatic carbocycles. The highest BCUT2D eigenvalue weighted by Crippen LogP contribution is 2.25. The average molecular weight is 191 g/mol. The monoisotopic (exact) mass is 191 g/mol. The second-order valence-electron chi connectivity index (χ2n) is 4.15. The minimum atomic E-state index is -0.477. The molecule has 1 aromatic carbocycles. The molecule has 2 nitrogen and oxygen atoms in total. The summed E-state index contributed by atoms with van der Waals surface area (Å²) in [5, 5.41) is 9.40. The van der Waals surface area contributed by atoms with E-state index in [1.807, 2.05) is 6.07 Å². The van der Waals surface area contributed by atoms with Crippen LogP contribution in [-0.4, -0.2) is 11.2 Å². The molecule has 0 bridgehead atoms. The van der Waals surface area contributed by atoms with Gasteiger partial charge in [0.05, 0.1) is 12.1 Å². The number of aryl methyl sites for hydroxylation is 2. The zero-order valence-corrected chi connectivity index (χ0v) is 8.53. The van der Waals surface area contributed by atoms with Gasteiger partial charge in [0.25, 0.3) is 0 Å². The molecule has 0 aromatic heterocycles. The molecule has 2 rings (SSSR count). The van der Waals surface area contributed by atoms with Crippen molar-refractivity contribution in [2.75, 3.05) is 0 Å². The van der Waals surface area contributed by atoms with Crippen molar-refractivity contribution in [2.24, 2.45) is 5.73 Å². The average Bonchev–Trinajstić information content (AvgIpc) is 2.62. The molecule has 0 saturated heterocycles. The zero-order valence-electron chi connectivity index (χ0n) is 8.53. The van der Waals surface area contributed by atoms with Gasteiger partial charge in [-0.15, -0.1) is 0 Å². The summed E-state index contributed by atoms with van der Waals surface area (Å²) in [6.07, 6.45) is 3.13. The smallest absolute Gasteiger partial charge is 0.0704 e. The summed E-state index contributed by atoms with van der Waals surface area (Å²) in [4.78, 5) is 0. The van der Waals surface area contributed by atoms with Crippen LogP contribution in [0.2, 0.25) is 0 Å². The molecule has 0 fully saturated rings. The lowest BCUT2D eigenvalue weighted by Crippen LogP contribution is -2.23. The highest BCUT2D eigenvalue weighted by molar-refractivity contribution is 5.36. The maximum atomic E-state index is 9.40. The lowest BCUT2D eigenvalue weighted by Gasteiger charge is -2.16. The Morgan fingerprint density at radius 3 is 2.71 bits per heavy atom. The highest BCUT2D eigenvalue weighted by atomic mass is 16.3. The largest absolute Gasteiger partial charge is 0.391 e. The van der Waals surface area contributed by atoms with Crippen LogP contribution >= 0.6 is 0 Å². The standard InChI is InChI=1S/C12H17NO/c1-8(14)12(13)11-6-5-9-3-2-4-10(9)7-11/h5-8,12,14H,2-4,13H2,1H3/t8-,12+/m1/s1. The minimum Gasteiger partial charge on any atom is -0.391 e. The molecule has 0 amide bonds. The maximum absolute atomic E-state index is 9.40. The third-order valence-corrected chi connectivity index (χ3v) is 3.03. The molecule has 2 atom stereocenters. The van der Waals surface area contributed by atoms with Crippen molar-refractivity contribution in [2.45, 2.75) is 38.3 Å². The van der Waals surface area contributed by atoms with E-state index in [1.165, 1.54) is 24.0 Å². The van der Waals surface area contributed by atoms with Crippen molar-refractivity contribution in [3.63, 3.8) is 0 Å². The van der Waals surface area contributed by atoms with Gasteiger partial charge in [0.15, 0.2) is 0 Å². The summed E-state index contributed by atoms with van der Waals surface area (Å²) >= 11 is 0. The first-order valence-electron chi connectivity index (χ1n) is 5.24. The zero-order chi connectivity index (χ0) is 10.1. The van der Waals surface area contributed by atoms with Crippen LogP contribution in [-0.2, 0) is 12.8 Å². The van der Waals surface area contributed by atoms with Crippen LogP contribution in [0.1, 0.15) is 36.1 Å². The Labute approximate surface area is 84.7 Å². The summed E-state index contributed by atoms with van der Waals surface area (Å²) < 4.78 is 0. The molecule has 0 radical (unpaired) electrons. The first-order chi connectivity index (χ1) is 6.68. The molecular weight excluding hydrogens is 174 g/mol. The van der Waals surface area contributed by atoms with Gasteiger partial charge in [-0.05, 0) is 42.9 Å². The number of aliphatic hydroxyl groups excluding tert-OH is 1. The molecule has 0 unspecified atom stereocenters. The summed E-state index contributed by atoms with van der Waals surface area (Å²) in [5.74, 6) is 0. The van der Waals surface area contributed by atoms with Crippen molar-refractivity contribution < 1.29 is 5.11 Å². The minimum absolute atomic E-state index is 0.249. The topological polar surface area (TPSA) is 46.2 Å². The van der Waals surface area contributed by atoms with E-state index in [1.54, 1.807) is 6.92 Å². The summed E-state index contributed by atoms with van der Waals surface area (Å²) in [6.45, 7) is 1.73.